The number of nitrogens with zero attached hydrogens (tertiary/aromatic N) is 2. The number of hydrogen-bond donors (Lipinski definition) is 1. The predicted molar refractivity (Wildman–Crippen MR) is 61.5 cm³/mol. The molecule has 1 heterocycles. The molecule has 18 heavy (non-hydrogen) atoms. The van der Waals surface area contributed by atoms with Crippen LogP contribution in [0.4, 0.5) is 13.2 Å². The number of halogens is 3. The second kappa shape index (κ2) is 4.45. The number of aromatic nitrogens is 2. The highest BCUT2D eigenvalue weighted by Gasteiger charge is 2.33. The maximum absolute atomic E-state index is 12.9. The van der Waals surface area contributed by atoms with Crippen molar-refractivity contribution in [3.05, 3.63) is 41.6 Å². The van der Waals surface area contributed by atoms with Crippen LogP contribution in [-0.2, 0) is 19.8 Å². The minimum absolute atomic E-state index is 0.111. The molecule has 0 unspecified atom stereocenters. The Labute approximate surface area is 102 Å². The van der Waals surface area contributed by atoms with E-state index in [1.165, 1.54) is 16.8 Å². The molecule has 0 spiro atoms. The van der Waals surface area contributed by atoms with Crippen molar-refractivity contribution >= 4 is 0 Å². The first-order valence-corrected chi connectivity index (χ1v) is 5.33. The van der Waals surface area contributed by atoms with Gasteiger partial charge in [0.2, 0.25) is 0 Å². The van der Waals surface area contributed by atoms with Crippen LogP contribution in [0.15, 0.2) is 30.3 Å². The number of benzene rings is 1. The van der Waals surface area contributed by atoms with Gasteiger partial charge in [0.15, 0.2) is 0 Å². The first kappa shape index (κ1) is 12.6. The van der Waals surface area contributed by atoms with Crippen LogP contribution >= 0.6 is 0 Å². The number of rotatable bonds is 2. The van der Waals surface area contributed by atoms with E-state index in [1.54, 1.807) is 19.2 Å². The Morgan fingerprint density at radius 3 is 2.50 bits per heavy atom. The Balaban J connectivity index is 2.60. The lowest BCUT2D eigenvalue weighted by molar-refractivity contribution is -0.137. The summed E-state index contributed by atoms with van der Waals surface area (Å²) in [7, 11) is 1.60. The Morgan fingerprint density at radius 2 is 1.94 bits per heavy atom. The van der Waals surface area contributed by atoms with E-state index in [0.29, 0.717) is 11.4 Å². The van der Waals surface area contributed by atoms with Crippen molar-refractivity contribution in [1.29, 1.82) is 0 Å². The smallest absolute Gasteiger partial charge is 0.325 e. The zero-order valence-electron chi connectivity index (χ0n) is 9.70. The second-order valence-electron chi connectivity index (χ2n) is 3.89. The molecule has 2 rings (SSSR count). The summed E-state index contributed by atoms with van der Waals surface area (Å²) >= 11 is 0. The molecule has 0 fully saturated rings. The van der Waals surface area contributed by atoms with Crippen LogP contribution < -0.4 is 5.73 Å². The molecule has 6 heteroatoms. The van der Waals surface area contributed by atoms with Crippen molar-refractivity contribution in [2.75, 3.05) is 0 Å². The van der Waals surface area contributed by atoms with Gasteiger partial charge in [0.1, 0.15) is 0 Å². The Kier molecular flexibility index (Phi) is 3.13. The number of nitrogens with two attached hydrogens (primary N) is 1. The highest BCUT2D eigenvalue weighted by atomic mass is 19.4. The molecule has 96 valence electrons. The normalized spacial score (nSPS) is 11.8. The topological polar surface area (TPSA) is 43.8 Å². The molecular weight excluding hydrogens is 243 g/mol. The molecular formula is C12H12F3N3. The van der Waals surface area contributed by atoms with E-state index >= 15 is 0 Å². The summed E-state index contributed by atoms with van der Waals surface area (Å²) < 4.78 is 40.1. The molecule has 0 atom stereocenters. The Morgan fingerprint density at radius 1 is 1.28 bits per heavy atom. The van der Waals surface area contributed by atoms with E-state index in [9.17, 15) is 13.2 Å². The SMILES string of the molecule is Cn1nc(CN)cc1-c1ccccc1C(F)(F)F. The van der Waals surface area contributed by atoms with Crippen molar-refractivity contribution in [2.24, 2.45) is 12.8 Å². The molecule has 0 aliphatic carbocycles. The zero-order valence-corrected chi connectivity index (χ0v) is 9.70. The molecule has 0 saturated heterocycles. The lowest BCUT2D eigenvalue weighted by Gasteiger charge is -2.12. The third-order valence-corrected chi connectivity index (χ3v) is 2.65. The maximum atomic E-state index is 12.9. The van der Waals surface area contributed by atoms with Crippen molar-refractivity contribution in [2.45, 2.75) is 12.7 Å². The quantitative estimate of drug-likeness (QED) is 0.896. The minimum atomic E-state index is -4.39. The molecule has 0 radical (unpaired) electrons. The molecule has 0 amide bonds. The molecule has 1 aromatic carbocycles. The summed E-state index contributed by atoms with van der Waals surface area (Å²) in [5.74, 6) is 0. The fourth-order valence-electron chi connectivity index (χ4n) is 1.83. The van der Waals surface area contributed by atoms with Gasteiger partial charge in [-0.15, -0.1) is 0 Å². The summed E-state index contributed by atoms with van der Waals surface area (Å²) in [5, 5.41) is 4.05. The highest BCUT2D eigenvalue weighted by Crippen LogP contribution is 2.36. The van der Waals surface area contributed by atoms with Gasteiger partial charge in [0, 0.05) is 19.2 Å². The first-order valence-electron chi connectivity index (χ1n) is 5.33. The Bertz CT molecular complexity index is 558. The molecule has 0 aliphatic rings. The molecule has 2 N–H and O–H groups in total. The van der Waals surface area contributed by atoms with E-state index in [-0.39, 0.29) is 12.1 Å². The average molecular weight is 255 g/mol. The van der Waals surface area contributed by atoms with Crippen LogP contribution in [0.2, 0.25) is 0 Å². The average Bonchev–Trinajstić information content (AvgIpc) is 2.69. The van der Waals surface area contributed by atoms with Crippen LogP contribution in [0, 0.1) is 0 Å². The van der Waals surface area contributed by atoms with Gasteiger partial charge in [-0.1, -0.05) is 18.2 Å². The molecule has 3 nitrogen and oxygen atoms in total. The van der Waals surface area contributed by atoms with Crippen molar-refractivity contribution in [3.63, 3.8) is 0 Å². The standard InChI is InChI=1S/C12H12F3N3/c1-18-11(6-8(7-16)17-18)9-4-2-3-5-10(9)12(13,14)15/h2-6H,7,16H2,1H3. The largest absolute Gasteiger partial charge is 0.417 e. The van der Waals surface area contributed by atoms with Crippen molar-refractivity contribution < 1.29 is 13.2 Å². The van der Waals surface area contributed by atoms with E-state index < -0.39 is 11.7 Å². The predicted octanol–water partition coefficient (Wildman–Crippen LogP) is 2.56. The summed E-state index contributed by atoms with van der Waals surface area (Å²) in [6.07, 6.45) is -4.39. The van der Waals surface area contributed by atoms with E-state index in [2.05, 4.69) is 5.10 Å². The van der Waals surface area contributed by atoms with Crippen molar-refractivity contribution in [3.8, 4) is 11.3 Å². The van der Waals surface area contributed by atoms with Crippen LogP contribution in [0.5, 0.6) is 0 Å². The summed E-state index contributed by atoms with van der Waals surface area (Å²) in [6, 6.07) is 7.00. The van der Waals surface area contributed by atoms with E-state index in [0.717, 1.165) is 6.07 Å². The molecule has 2 aromatic rings. The second-order valence-corrected chi connectivity index (χ2v) is 3.89. The number of aryl methyl sites for hydroxylation is 1. The minimum Gasteiger partial charge on any atom is -0.325 e. The summed E-state index contributed by atoms with van der Waals surface area (Å²) in [4.78, 5) is 0. The zero-order chi connectivity index (χ0) is 13.3. The molecule has 0 aliphatic heterocycles. The number of hydrogen-bond acceptors (Lipinski definition) is 2. The fraction of sp³-hybridized carbons (Fsp3) is 0.250. The van der Waals surface area contributed by atoms with Gasteiger partial charge in [0.25, 0.3) is 0 Å². The molecule has 1 aromatic heterocycles. The van der Waals surface area contributed by atoms with E-state index in [1.807, 2.05) is 0 Å². The van der Waals surface area contributed by atoms with Crippen LogP contribution in [0.25, 0.3) is 11.3 Å². The van der Waals surface area contributed by atoms with Gasteiger partial charge in [-0.3, -0.25) is 4.68 Å². The van der Waals surface area contributed by atoms with Crippen LogP contribution in [-0.4, -0.2) is 9.78 Å². The van der Waals surface area contributed by atoms with Crippen molar-refractivity contribution in [1.82, 2.24) is 9.78 Å². The molecule has 0 bridgehead atoms. The van der Waals surface area contributed by atoms with Gasteiger partial charge >= 0.3 is 6.18 Å². The van der Waals surface area contributed by atoms with E-state index in [4.69, 9.17) is 5.73 Å². The fourth-order valence-corrected chi connectivity index (χ4v) is 1.83. The van der Waals surface area contributed by atoms with Gasteiger partial charge in [-0.25, -0.2) is 0 Å². The van der Waals surface area contributed by atoms with Gasteiger partial charge in [-0.2, -0.15) is 18.3 Å². The summed E-state index contributed by atoms with van der Waals surface area (Å²) in [5.41, 5.74) is 5.84. The van der Waals surface area contributed by atoms with Gasteiger partial charge in [0.05, 0.1) is 17.0 Å². The van der Waals surface area contributed by atoms with Crippen LogP contribution in [0.3, 0.4) is 0 Å². The first-order chi connectivity index (χ1) is 8.43. The van der Waals surface area contributed by atoms with Gasteiger partial charge < -0.3 is 5.73 Å². The summed E-state index contributed by atoms with van der Waals surface area (Å²) in [6.45, 7) is 0.196. The highest BCUT2D eigenvalue weighted by molar-refractivity contribution is 5.65. The Hall–Kier alpha value is -1.82. The van der Waals surface area contributed by atoms with Gasteiger partial charge in [-0.05, 0) is 12.1 Å². The monoisotopic (exact) mass is 255 g/mol. The lowest BCUT2D eigenvalue weighted by atomic mass is 10.0. The third kappa shape index (κ3) is 2.24. The maximum Gasteiger partial charge on any atom is 0.417 e. The number of alkyl halides is 3. The van der Waals surface area contributed by atoms with Crippen LogP contribution in [0.1, 0.15) is 11.3 Å². The third-order valence-electron chi connectivity index (χ3n) is 2.65. The lowest BCUT2D eigenvalue weighted by Crippen LogP contribution is -2.08. The molecule has 0 saturated carbocycles.